The topological polar surface area (TPSA) is 23.5 Å². The molecule has 1 fully saturated rings. The van der Waals surface area contributed by atoms with E-state index in [1.165, 1.54) is 31.4 Å². The van der Waals surface area contributed by atoms with Crippen molar-refractivity contribution >= 4 is 0 Å². The van der Waals surface area contributed by atoms with Gasteiger partial charge in [0.1, 0.15) is 5.82 Å². The molecule has 0 spiro atoms. The third kappa shape index (κ3) is 3.79. The standard InChI is InChI=1S/C14H20FNO/c15-13-6-4-5-12(11-13)14(17)7-10-16-8-2-1-3-9-16/h4-6,11,14,17H,1-3,7-10H2. The molecule has 0 bridgehead atoms. The number of piperidine rings is 1. The highest BCUT2D eigenvalue weighted by Gasteiger charge is 2.13. The van der Waals surface area contributed by atoms with Crippen molar-refractivity contribution in [2.24, 2.45) is 0 Å². The minimum Gasteiger partial charge on any atom is -0.388 e. The maximum atomic E-state index is 13.0. The summed E-state index contributed by atoms with van der Waals surface area (Å²) < 4.78 is 13.0. The highest BCUT2D eigenvalue weighted by molar-refractivity contribution is 5.18. The van der Waals surface area contributed by atoms with Crippen LogP contribution in [0.15, 0.2) is 24.3 Å². The fourth-order valence-corrected chi connectivity index (χ4v) is 2.37. The second-order valence-electron chi connectivity index (χ2n) is 4.76. The molecular weight excluding hydrogens is 217 g/mol. The second-order valence-corrected chi connectivity index (χ2v) is 4.76. The molecule has 0 amide bonds. The van der Waals surface area contributed by atoms with E-state index in [0.717, 1.165) is 19.6 Å². The van der Waals surface area contributed by atoms with Crippen LogP contribution in [0.2, 0.25) is 0 Å². The van der Waals surface area contributed by atoms with Crippen molar-refractivity contribution in [1.29, 1.82) is 0 Å². The zero-order valence-electron chi connectivity index (χ0n) is 10.1. The molecule has 17 heavy (non-hydrogen) atoms. The molecule has 3 heteroatoms. The Balaban J connectivity index is 1.82. The predicted octanol–water partition coefficient (Wildman–Crippen LogP) is 2.74. The molecule has 0 aliphatic carbocycles. The van der Waals surface area contributed by atoms with Crippen LogP contribution in [0.1, 0.15) is 37.4 Å². The van der Waals surface area contributed by atoms with Crippen LogP contribution in [0.3, 0.4) is 0 Å². The lowest BCUT2D eigenvalue weighted by molar-refractivity contribution is 0.133. The summed E-state index contributed by atoms with van der Waals surface area (Å²) in [5.41, 5.74) is 0.682. The maximum absolute atomic E-state index is 13.0. The van der Waals surface area contributed by atoms with Crippen molar-refractivity contribution in [2.45, 2.75) is 31.8 Å². The van der Waals surface area contributed by atoms with Crippen LogP contribution < -0.4 is 0 Å². The van der Waals surface area contributed by atoms with Gasteiger partial charge in [0.05, 0.1) is 6.10 Å². The third-order valence-electron chi connectivity index (χ3n) is 3.40. The molecule has 2 rings (SSSR count). The molecule has 1 aliphatic rings. The Morgan fingerprint density at radius 2 is 2.00 bits per heavy atom. The lowest BCUT2D eigenvalue weighted by Gasteiger charge is -2.27. The summed E-state index contributed by atoms with van der Waals surface area (Å²) in [4.78, 5) is 2.38. The van der Waals surface area contributed by atoms with Crippen LogP contribution in [0.25, 0.3) is 0 Å². The number of aliphatic hydroxyl groups excluding tert-OH is 1. The lowest BCUT2D eigenvalue weighted by Crippen LogP contribution is -2.31. The van der Waals surface area contributed by atoms with Gasteiger partial charge in [-0.05, 0) is 50.0 Å². The van der Waals surface area contributed by atoms with Gasteiger partial charge in [0.2, 0.25) is 0 Å². The van der Waals surface area contributed by atoms with E-state index in [1.807, 2.05) is 0 Å². The molecule has 0 radical (unpaired) electrons. The Bertz CT molecular complexity index is 350. The van der Waals surface area contributed by atoms with Gasteiger partial charge in [-0.25, -0.2) is 4.39 Å². The smallest absolute Gasteiger partial charge is 0.123 e. The summed E-state index contributed by atoms with van der Waals surface area (Å²) in [5, 5.41) is 9.98. The molecule has 1 saturated heterocycles. The van der Waals surface area contributed by atoms with Crippen molar-refractivity contribution in [3.05, 3.63) is 35.6 Å². The van der Waals surface area contributed by atoms with Crippen LogP contribution in [0.4, 0.5) is 4.39 Å². The molecule has 0 aromatic heterocycles. The van der Waals surface area contributed by atoms with Gasteiger partial charge >= 0.3 is 0 Å². The van der Waals surface area contributed by atoms with Crippen LogP contribution in [0, 0.1) is 5.82 Å². The molecular formula is C14H20FNO. The van der Waals surface area contributed by atoms with Gasteiger partial charge in [-0.1, -0.05) is 18.6 Å². The molecule has 2 nitrogen and oxygen atoms in total. The Hall–Kier alpha value is -0.930. The number of aliphatic hydroxyl groups is 1. The molecule has 1 atom stereocenters. The second kappa shape index (κ2) is 6.12. The Labute approximate surface area is 102 Å². The molecule has 94 valence electrons. The molecule has 1 aromatic carbocycles. The van der Waals surface area contributed by atoms with Gasteiger partial charge in [-0.15, -0.1) is 0 Å². The molecule has 1 heterocycles. The van der Waals surface area contributed by atoms with E-state index < -0.39 is 6.10 Å². The number of nitrogens with zero attached hydrogens (tertiary/aromatic N) is 1. The number of halogens is 1. The monoisotopic (exact) mass is 237 g/mol. The van der Waals surface area contributed by atoms with E-state index in [4.69, 9.17) is 0 Å². The maximum Gasteiger partial charge on any atom is 0.123 e. The fourth-order valence-electron chi connectivity index (χ4n) is 2.37. The summed E-state index contributed by atoms with van der Waals surface area (Å²) in [5.74, 6) is -0.278. The molecule has 1 aliphatic heterocycles. The van der Waals surface area contributed by atoms with Crippen molar-refractivity contribution < 1.29 is 9.50 Å². The van der Waals surface area contributed by atoms with Gasteiger partial charge in [0.25, 0.3) is 0 Å². The summed E-state index contributed by atoms with van der Waals surface area (Å²) in [7, 11) is 0. The first-order valence-electron chi connectivity index (χ1n) is 6.41. The number of benzene rings is 1. The first kappa shape index (κ1) is 12.5. The van der Waals surface area contributed by atoms with Crippen molar-refractivity contribution in [2.75, 3.05) is 19.6 Å². The van der Waals surface area contributed by atoms with Gasteiger partial charge in [0, 0.05) is 6.54 Å². The minimum atomic E-state index is -0.548. The largest absolute Gasteiger partial charge is 0.388 e. The minimum absolute atomic E-state index is 0.278. The van der Waals surface area contributed by atoms with E-state index in [2.05, 4.69) is 4.90 Å². The molecule has 1 aromatic rings. The summed E-state index contributed by atoms with van der Waals surface area (Å²) in [6.07, 6.45) is 3.98. The van der Waals surface area contributed by atoms with E-state index in [0.29, 0.717) is 12.0 Å². The fraction of sp³-hybridized carbons (Fsp3) is 0.571. The number of hydrogen-bond acceptors (Lipinski definition) is 2. The van der Waals surface area contributed by atoms with Crippen LogP contribution in [-0.4, -0.2) is 29.6 Å². The van der Waals surface area contributed by atoms with Gasteiger partial charge in [-0.2, -0.15) is 0 Å². The summed E-state index contributed by atoms with van der Waals surface area (Å²) in [6.45, 7) is 3.17. The van der Waals surface area contributed by atoms with Crippen LogP contribution in [0.5, 0.6) is 0 Å². The van der Waals surface area contributed by atoms with Crippen molar-refractivity contribution in [3.63, 3.8) is 0 Å². The molecule has 0 saturated carbocycles. The molecule has 1 unspecified atom stereocenters. The van der Waals surface area contributed by atoms with E-state index in [-0.39, 0.29) is 5.82 Å². The summed E-state index contributed by atoms with van der Waals surface area (Å²) >= 11 is 0. The van der Waals surface area contributed by atoms with Gasteiger partial charge in [-0.3, -0.25) is 0 Å². The zero-order chi connectivity index (χ0) is 12.1. The van der Waals surface area contributed by atoms with E-state index in [1.54, 1.807) is 12.1 Å². The van der Waals surface area contributed by atoms with Crippen LogP contribution >= 0.6 is 0 Å². The Kier molecular flexibility index (Phi) is 4.51. The highest BCUT2D eigenvalue weighted by Crippen LogP contribution is 2.19. The molecule has 1 N–H and O–H groups in total. The number of likely N-dealkylation sites (tertiary alicyclic amines) is 1. The van der Waals surface area contributed by atoms with Gasteiger partial charge < -0.3 is 10.0 Å². The van der Waals surface area contributed by atoms with Gasteiger partial charge in [0.15, 0.2) is 0 Å². The van der Waals surface area contributed by atoms with Crippen molar-refractivity contribution in [3.8, 4) is 0 Å². The summed E-state index contributed by atoms with van der Waals surface area (Å²) in [6, 6.07) is 6.25. The predicted molar refractivity (Wildman–Crippen MR) is 66.3 cm³/mol. The van der Waals surface area contributed by atoms with E-state index >= 15 is 0 Å². The quantitative estimate of drug-likeness (QED) is 0.870. The number of rotatable bonds is 4. The first-order valence-corrected chi connectivity index (χ1v) is 6.41. The third-order valence-corrected chi connectivity index (χ3v) is 3.40. The highest BCUT2D eigenvalue weighted by atomic mass is 19.1. The Morgan fingerprint density at radius 1 is 1.24 bits per heavy atom. The Morgan fingerprint density at radius 3 is 2.71 bits per heavy atom. The SMILES string of the molecule is OC(CCN1CCCCC1)c1cccc(F)c1. The van der Waals surface area contributed by atoms with Crippen molar-refractivity contribution in [1.82, 2.24) is 4.90 Å². The lowest BCUT2D eigenvalue weighted by atomic mass is 10.1. The normalized spacial score (nSPS) is 19.2. The first-order chi connectivity index (χ1) is 8.25. The van der Waals surface area contributed by atoms with E-state index in [9.17, 15) is 9.50 Å². The zero-order valence-corrected chi connectivity index (χ0v) is 10.1. The average Bonchev–Trinajstić information content (AvgIpc) is 2.37. The van der Waals surface area contributed by atoms with Crippen LogP contribution in [-0.2, 0) is 0 Å². The average molecular weight is 237 g/mol. The number of hydrogen-bond donors (Lipinski definition) is 1.